The summed E-state index contributed by atoms with van der Waals surface area (Å²) in [5, 5.41) is 9.06. The lowest BCUT2D eigenvalue weighted by atomic mass is 10.00. The summed E-state index contributed by atoms with van der Waals surface area (Å²) in [6.07, 6.45) is 8.96. The van der Waals surface area contributed by atoms with E-state index in [4.69, 9.17) is 9.98 Å². The Morgan fingerprint density at radius 1 is 0.425 bits per heavy atom. The standard InChI is InChI=1S/C36H24N4/c1-2-10-22-21(9-1)29-17-31-23-11-3-4-12-24(23)33(38-31)19-35-27-15-7-8-16-28(27)36(40-35)20-34-26-14-6-5-13-25(26)32(39-34)18-30(22)37-29/h1-20,29,36,38-39H/b31-17-,32-18-,33-19-,34-20-. The first kappa shape index (κ1) is 21.7. The van der Waals surface area contributed by atoms with Crippen molar-refractivity contribution in [2.45, 2.75) is 12.1 Å². The minimum atomic E-state index is -0.0774. The molecule has 4 aromatic carbocycles. The third-order valence-corrected chi connectivity index (χ3v) is 8.43. The van der Waals surface area contributed by atoms with E-state index in [1.54, 1.807) is 0 Å². The molecule has 0 fully saturated rings. The largest absolute Gasteiger partial charge is 0.355 e. The van der Waals surface area contributed by atoms with Crippen molar-refractivity contribution >= 4 is 57.3 Å². The number of nitrogens with one attached hydrogen (secondary N) is 2. The molecule has 0 saturated carbocycles. The van der Waals surface area contributed by atoms with E-state index in [2.05, 4.69) is 131 Å². The second-order valence-electron chi connectivity index (χ2n) is 10.7. The Kier molecular flexibility index (Phi) is 4.41. The molecule has 9 rings (SSSR count). The molecule has 188 valence electrons. The highest BCUT2D eigenvalue weighted by Gasteiger charge is 2.24. The van der Waals surface area contributed by atoms with Crippen LogP contribution in [0.4, 0.5) is 0 Å². The SMILES string of the molecule is C1=c2\[nH]/c(c3ccccc23)=C\C2N=C(/C=c3\[nH]/c(c4ccccc34)=C\C3N=C/1c1ccccc13)c1ccccc12. The molecule has 4 heteroatoms. The van der Waals surface area contributed by atoms with Crippen molar-refractivity contribution in [3.05, 3.63) is 141 Å². The van der Waals surface area contributed by atoms with Crippen molar-refractivity contribution in [1.29, 1.82) is 0 Å². The number of hydrogen-bond donors (Lipinski definition) is 2. The molecule has 8 bridgehead atoms. The summed E-state index contributed by atoms with van der Waals surface area (Å²) in [5.41, 5.74) is 6.80. The zero-order chi connectivity index (χ0) is 26.2. The topological polar surface area (TPSA) is 56.3 Å². The van der Waals surface area contributed by atoms with Crippen LogP contribution in [0.5, 0.6) is 0 Å². The smallest absolute Gasteiger partial charge is 0.0967 e. The second-order valence-corrected chi connectivity index (χ2v) is 10.7. The number of aliphatic imine (C=N–C) groups is 2. The van der Waals surface area contributed by atoms with Gasteiger partial charge in [-0.15, -0.1) is 0 Å². The molecule has 2 unspecified atom stereocenters. The molecule has 0 amide bonds. The summed E-state index contributed by atoms with van der Waals surface area (Å²) < 4.78 is 0. The Labute approximate surface area is 229 Å². The van der Waals surface area contributed by atoms with Crippen molar-refractivity contribution < 1.29 is 0 Å². The van der Waals surface area contributed by atoms with Gasteiger partial charge >= 0.3 is 0 Å². The van der Waals surface area contributed by atoms with E-state index in [0.29, 0.717) is 0 Å². The van der Waals surface area contributed by atoms with Crippen molar-refractivity contribution in [3.63, 3.8) is 0 Å². The molecule has 0 spiro atoms. The second kappa shape index (κ2) is 8.14. The fraction of sp³-hybridized carbons (Fsp3) is 0.0556. The average Bonchev–Trinajstić information content (AvgIpc) is 3.73. The van der Waals surface area contributed by atoms with Gasteiger partial charge in [-0.05, 0) is 35.4 Å². The Balaban J connectivity index is 1.43. The van der Waals surface area contributed by atoms with Gasteiger partial charge in [0.1, 0.15) is 0 Å². The highest BCUT2D eigenvalue weighted by molar-refractivity contribution is 6.24. The Hall–Kier alpha value is -5.22. The fourth-order valence-electron chi connectivity index (χ4n) is 6.58. The molecule has 5 heterocycles. The zero-order valence-electron chi connectivity index (χ0n) is 21.6. The van der Waals surface area contributed by atoms with E-state index in [0.717, 1.165) is 32.8 Å². The highest BCUT2D eigenvalue weighted by atomic mass is 14.9. The number of rotatable bonds is 0. The molecule has 0 aliphatic carbocycles. The van der Waals surface area contributed by atoms with Crippen LogP contribution in [0.2, 0.25) is 0 Å². The van der Waals surface area contributed by atoms with Gasteiger partial charge in [0.05, 0.1) is 23.5 Å². The normalized spacial score (nSPS) is 22.0. The molecule has 40 heavy (non-hydrogen) atoms. The van der Waals surface area contributed by atoms with E-state index in [1.807, 2.05) is 0 Å². The van der Waals surface area contributed by atoms with Crippen LogP contribution in [0, 0.1) is 0 Å². The summed E-state index contributed by atoms with van der Waals surface area (Å²) in [6, 6.07) is 34.2. The fourth-order valence-corrected chi connectivity index (χ4v) is 6.58. The molecule has 3 aliphatic heterocycles. The maximum absolute atomic E-state index is 5.26. The van der Waals surface area contributed by atoms with Gasteiger partial charge in [0.2, 0.25) is 0 Å². The summed E-state index contributed by atoms with van der Waals surface area (Å²) in [6.45, 7) is 0. The van der Waals surface area contributed by atoms with Crippen LogP contribution in [0.1, 0.15) is 34.3 Å². The van der Waals surface area contributed by atoms with Gasteiger partial charge in [0, 0.05) is 54.1 Å². The quantitative estimate of drug-likeness (QED) is 0.300. The maximum atomic E-state index is 5.26. The van der Waals surface area contributed by atoms with E-state index in [-0.39, 0.29) is 12.1 Å². The number of H-pyrrole nitrogens is 2. The van der Waals surface area contributed by atoms with Crippen LogP contribution in [-0.2, 0) is 0 Å². The van der Waals surface area contributed by atoms with Crippen molar-refractivity contribution in [2.24, 2.45) is 9.98 Å². The van der Waals surface area contributed by atoms with E-state index in [9.17, 15) is 0 Å². The maximum Gasteiger partial charge on any atom is 0.0967 e. The summed E-state index contributed by atoms with van der Waals surface area (Å²) in [4.78, 5) is 18.0. The summed E-state index contributed by atoms with van der Waals surface area (Å²) in [7, 11) is 0. The lowest BCUT2D eigenvalue weighted by Gasteiger charge is -2.03. The molecule has 2 aromatic heterocycles. The average molecular weight is 513 g/mol. The number of aromatic amines is 2. The molecule has 0 saturated heterocycles. The predicted molar refractivity (Wildman–Crippen MR) is 164 cm³/mol. The number of hydrogen-bond acceptors (Lipinski definition) is 2. The highest BCUT2D eigenvalue weighted by Crippen LogP contribution is 2.33. The number of aromatic nitrogens is 2. The van der Waals surface area contributed by atoms with E-state index in [1.165, 1.54) is 43.8 Å². The molecule has 6 aromatic rings. The van der Waals surface area contributed by atoms with Gasteiger partial charge in [-0.1, -0.05) is 97.1 Å². The zero-order valence-corrected chi connectivity index (χ0v) is 21.6. The summed E-state index contributed by atoms with van der Waals surface area (Å²) in [5.74, 6) is 0. The third-order valence-electron chi connectivity index (χ3n) is 8.43. The van der Waals surface area contributed by atoms with E-state index < -0.39 is 0 Å². The van der Waals surface area contributed by atoms with E-state index >= 15 is 0 Å². The van der Waals surface area contributed by atoms with Gasteiger partial charge in [-0.3, -0.25) is 9.98 Å². The van der Waals surface area contributed by atoms with Gasteiger partial charge in [-0.25, -0.2) is 0 Å². The number of nitrogens with zero attached hydrogens (tertiary/aromatic N) is 2. The number of benzene rings is 4. The molecule has 3 aliphatic rings. The lowest BCUT2D eigenvalue weighted by Crippen LogP contribution is -2.13. The lowest BCUT2D eigenvalue weighted by molar-refractivity contribution is 0.983. The summed E-state index contributed by atoms with van der Waals surface area (Å²) >= 11 is 0. The molecule has 2 atom stereocenters. The van der Waals surface area contributed by atoms with Crippen LogP contribution in [-0.4, -0.2) is 21.4 Å². The van der Waals surface area contributed by atoms with Crippen LogP contribution >= 0.6 is 0 Å². The molecular weight excluding hydrogens is 488 g/mol. The Morgan fingerprint density at radius 2 is 0.800 bits per heavy atom. The van der Waals surface area contributed by atoms with Crippen LogP contribution in [0.25, 0.3) is 45.8 Å². The van der Waals surface area contributed by atoms with Gasteiger partial charge < -0.3 is 9.97 Å². The molecule has 0 radical (unpaired) electrons. The Morgan fingerprint density at radius 3 is 1.25 bits per heavy atom. The van der Waals surface area contributed by atoms with Gasteiger partial charge in [-0.2, -0.15) is 0 Å². The van der Waals surface area contributed by atoms with Crippen LogP contribution in [0.15, 0.2) is 107 Å². The Bertz CT molecular complexity index is 2180. The first-order valence-electron chi connectivity index (χ1n) is 13.7. The van der Waals surface area contributed by atoms with Crippen molar-refractivity contribution in [2.75, 3.05) is 0 Å². The molecular formula is C36H24N4. The molecule has 2 N–H and O–H groups in total. The van der Waals surface area contributed by atoms with Gasteiger partial charge in [0.25, 0.3) is 0 Å². The first-order valence-corrected chi connectivity index (χ1v) is 13.7. The minimum Gasteiger partial charge on any atom is -0.355 e. The predicted octanol–water partition coefficient (Wildman–Crippen LogP) is 4.57. The first-order chi connectivity index (χ1) is 19.8. The monoisotopic (exact) mass is 512 g/mol. The van der Waals surface area contributed by atoms with Crippen LogP contribution in [0.3, 0.4) is 0 Å². The minimum absolute atomic E-state index is 0.0774. The number of fused-ring (bicyclic) bond motifs is 18. The van der Waals surface area contributed by atoms with Crippen LogP contribution < -0.4 is 21.4 Å². The van der Waals surface area contributed by atoms with Crippen molar-refractivity contribution in [3.8, 4) is 0 Å². The van der Waals surface area contributed by atoms with Crippen molar-refractivity contribution in [1.82, 2.24) is 9.97 Å². The van der Waals surface area contributed by atoms with Gasteiger partial charge in [0.15, 0.2) is 0 Å². The molecule has 4 nitrogen and oxygen atoms in total. The third kappa shape index (κ3) is 3.13.